The zero-order valence-corrected chi connectivity index (χ0v) is 5.43. The number of nitrogens with one attached hydrogen (secondary N) is 1. The monoisotopic (exact) mass is 146 g/mol. The summed E-state index contributed by atoms with van der Waals surface area (Å²) in [6.45, 7) is 0.144. The standard InChI is InChI=1S/C3H6N4OS/c8-1-2-9-3-4-6-7-5-3/h8H,1-2H2,(H,4,5,6,7). The predicted molar refractivity (Wildman–Crippen MR) is 32.0 cm³/mol. The molecule has 0 aliphatic carbocycles. The molecule has 0 radical (unpaired) electrons. The highest BCUT2D eigenvalue weighted by Crippen LogP contribution is 2.07. The first-order valence-electron chi connectivity index (χ1n) is 2.41. The van der Waals surface area contributed by atoms with Crippen LogP contribution in [0.4, 0.5) is 0 Å². The molecule has 0 aliphatic heterocycles. The van der Waals surface area contributed by atoms with E-state index in [2.05, 4.69) is 20.6 Å². The van der Waals surface area contributed by atoms with Gasteiger partial charge >= 0.3 is 0 Å². The third-order valence-corrected chi connectivity index (χ3v) is 1.49. The molecule has 2 N–H and O–H groups in total. The molecular weight excluding hydrogens is 140 g/mol. The number of H-pyrrole nitrogens is 1. The predicted octanol–water partition coefficient (Wildman–Crippen LogP) is -0.716. The van der Waals surface area contributed by atoms with Crippen LogP contribution in [0, 0.1) is 0 Å². The Morgan fingerprint density at radius 1 is 1.67 bits per heavy atom. The number of hydrogen-bond donors (Lipinski definition) is 2. The number of thioether (sulfide) groups is 1. The quantitative estimate of drug-likeness (QED) is 0.551. The van der Waals surface area contributed by atoms with E-state index in [0.717, 1.165) is 0 Å². The van der Waals surface area contributed by atoms with E-state index in [9.17, 15) is 0 Å². The average Bonchev–Trinajstić information content (AvgIpc) is 2.34. The molecule has 0 amide bonds. The highest BCUT2D eigenvalue weighted by atomic mass is 32.2. The first-order valence-corrected chi connectivity index (χ1v) is 3.39. The normalized spacial score (nSPS) is 9.89. The summed E-state index contributed by atoms with van der Waals surface area (Å²) in [6.07, 6.45) is 0. The number of aromatic amines is 1. The Balaban J connectivity index is 2.30. The molecule has 0 aromatic carbocycles. The van der Waals surface area contributed by atoms with E-state index >= 15 is 0 Å². The zero-order valence-electron chi connectivity index (χ0n) is 4.61. The molecule has 0 aliphatic rings. The van der Waals surface area contributed by atoms with Crippen molar-refractivity contribution in [1.82, 2.24) is 20.6 Å². The van der Waals surface area contributed by atoms with Gasteiger partial charge in [-0.05, 0) is 10.4 Å². The molecule has 0 fully saturated rings. The van der Waals surface area contributed by atoms with Crippen LogP contribution in [0.2, 0.25) is 0 Å². The Bertz CT molecular complexity index is 153. The van der Waals surface area contributed by atoms with E-state index < -0.39 is 0 Å². The molecule has 0 spiro atoms. The van der Waals surface area contributed by atoms with E-state index in [1.165, 1.54) is 11.8 Å². The fourth-order valence-corrected chi connectivity index (χ4v) is 0.838. The number of nitrogens with zero attached hydrogens (tertiary/aromatic N) is 3. The molecule has 1 rings (SSSR count). The molecule has 0 atom stereocenters. The topological polar surface area (TPSA) is 74.7 Å². The van der Waals surface area contributed by atoms with Crippen molar-refractivity contribution in [2.24, 2.45) is 0 Å². The van der Waals surface area contributed by atoms with Gasteiger partial charge in [0.05, 0.1) is 6.61 Å². The second kappa shape index (κ2) is 3.41. The fraction of sp³-hybridized carbons (Fsp3) is 0.667. The molecule has 0 saturated carbocycles. The molecule has 1 heterocycles. The van der Waals surface area contributed by atoms with Gasteiger partial charge in [0.25, 0.3) is 0 Å². The lowest BCUT2D eigenvalue weighted by atomic mass is 10.9. The van der Waals surface area contributed by atoms with Crippen LogP contribution in [-0.4, -0.2) is 38.1 Å². The van der Waals surface area contributed by atoms with Crippen LogP contribution in [0.15, 0.2) is 5.16 Å². The molecule has 6 heteroatoms. The minimum Gasteiger partial charge on any atom is -0.396 e. The highest BCUT2D eigenvalue weighted by Gasteiger charge is 1.93. The lowest BCUT2D eigenvalue weighted by Crippen LogP contribution is -1.86. The first kappa shape index (κ1) is 6.50. The summed E-state index contributed by atoms with van der Waals surface area (Å²) in [5.74, 6) is 0.622. The summed E-state index contributed by atoms with van der Waals surface area (Å²) in [4.78, 5) is 0. The van der Waals surface area contributed by atoms with Crippen LogP contribution in [-0.2, 0) is 0 Å². The van der Waals surface area contributed by atoms with Gasteiger partial charge in [-0.25, -0.2) is 5.10 Å². The van der Waals surface area contributed by atoms with Gasteiger partial charge < -0.3 is 5.11 Å². The third kappa shape index (κ3) is 1.98. The van der Waals surface area contributed by atoms with Crippen molar-refractivity contribution < 1.29 is 5.11 Å². The molecule has 50 valence electrons. The molecule has 1 aromatic heterocycles. The number of hydrogen-bond acceptors (Lipinski definition) is 5. The Hall–Kier alpha value is -0.620. The van der Waals surface area contributed by atoms with E-state index in [1.807, 2.05) is 0 Å². The molecule has 9 heavy (non-hydrogen) atoms. The van der Waals surface area contributed by atoms with Gasteiger partial charge in [-0.2, -0.15) is 0 Å². The molecular formula is C3H6N4OS. The molecule has 0 unspecified atom stereocenters. The van der Waals surface area contributed by atoms with Crippen molar-refractivity contribution in [1.29, 1.82) is 0 Å². The smallest absolute Gasteiger partial charge is 0.206 e. The molecule has 0 bridgehead atoms. The maximum Gasteiger partial charge on any atom is 0.206 e. The van der Waals surface area contributed by atoms with Crippen molar-refractivity contribution >= 4 is 11.8 Å². The molecule has 1 aromatic rings. The van der Waals surface area contributed by atoms with Gasteiger partial charge in [-0.15, -0.1) is 5.10 Å². The number of rotatable bonds is 3. The van der Waals surface area contributed by atoms with Crippen LogP contribution >= 0.6 is 11.8 Å². The van der Waals surface area contributed by atoms with Crippen molar-refractivity contribution in [3.8, 4) is 0 Å². The molecule has 5 nitrogen and oxygen atoms in total. The lowest BCUT2D eigenvalue weighted by Gasteiger charge is -1.87. The minimum absolute atomic E-state index is 0.144. The maximum absolute atomic E-state index is 8.36. The van der Waals surface area contributed by atoms with Crippen LogP contribution in [0.5, 0.6) is 0 Å². The second-order valence-electron chi connectivity index (χ2n) is 1.28. The number of tetrazole rings is 1. The van der Waals surface area contributed by atoms with Gasteiger partial charge in [0.15, 0.2) is 0 Å². The minimum atomic E-state index is 0.144. The number of aliphatic hydroxyl groups excluding tert-OH is 1. The van der Waals surface area contributed by atoms with Crippen LogP contribution < -0.4 is 0 Å². The Kier molecular flexibility index (Phi) is 2.47. The lowest BCUT2D eigenvalue weighted by molar-refractivity contribution is 0.322. The second-order valence-corrected chi connectivity index (χ2v) is 2.36. The fourth-order valence-electron chi connectivity index (χ4n) is 0.354. The van der Waals surface area contributed by atoms with Crippen LogP contribution in [0.25, 0.3) is 0 Å². The van der Waals surface area contributed by atoms with E-state index in [0.29, 0.717) is 10.9 Å². The van der Waals surface area contributed by atoms with Crippen LogP contribution in [0.1, 0.15) is 0 Å². The Morgan fingerprint density at radius 2 is 2.56 bits per heavy atom. The summed E-state index contributed by atoms with van der Waals surface area (Å²) < 4.78 is 0. The number of aromatic nitrogens is 4. The SMILES string of the molecule is OCCSc1nnn[nH]1. The van der Waals surface area contributed by atoms with Gasteiger partial charge in [-0.1, -0.05) is 11.8 Å². The van der Waals surface area contributed by atoms with Crippen molar-refractivity contribution in [3.05, 3.63) is 0 Å². The Labute approximate surface area is 55.9 Å². The van der Waals surface area contributed by atoms with Gasteiger partial charge in [0.1, 0.15) is 0 Å². The van der Waals surface area contributed by atoms with Gasteiger partial charge in [-0.3, -0.25) is 0 Å². The Morgan fingerprint density at radius 3 is 3.11 bits per heavy atom. The summed E-state index contributed by atoms with van der Waals surface area (Å²) in [6, 6.07) is 0. The van der Waals surface area contributed by atoms with Gasteiger partial charge in [0, 0.05) is 5.75 Å². The van der Waals surface area contributed by atoms with E-state index in [1.54, 1.807) is 0 Å². The average molecular weight is 146 g/mol. The summed E-state index contributed by atoms with van der Waals surface area (Å²) >= 11 is 1.39. The summed E-state index contributed by atoms with van der Waals surface area (Å²) in [5, 5.41) is 21.8. The van der Waals surface area contributed by atoms with Crippen LogP contribution in [0.3, 0.4) is 0 Å². The van der Waals surface area contributed by atoms with Crippen molar-refractivity contribution in [2.75, 3.05) is 12.4 Å². The highest BCUT2D eigenvalue weighted by molar-refractivity contribution is 7.99. The van der Waals surface area contributed by atoms with Gasteiger partial charge in [0.2, 0.25) is 5.16 Å². The zero-order chi connectivity index (χ0) is 6.53. The first-order chi connectivity index (χ1) is 4.43. The van der Waals surface area contributed by atoms with Crippen molar-refractivity contribution in [2.45, 2.75) is 5.16 Å². The summed E-state index contributed by atoms with van der Waals surface area (Å²) in [7, 11) is 0. The maximum atomic E-state index is 8.36. The number of aliphatic hydroxyl groups is 1. The molecule has 0 saturated heterocycles. The van der Waals surface area contributed by atoms with E-state index in [4.69, 9.17) is 5.11 Å². The third-order valence-electron chi connectivity index (χ3n) is 0.656. The largest absolute Gasteiger partial charge is 0.396 e. The van der Waals surface area contributed by atoms with Crippen molar-refractivity contribution in [3.63, 3.8) is 0 Å². The van der Waals surface area contributed by atoms with E-state index in [-0.39, 0.29) is 6.61 Å². The summed E-state index contributed by atoms with van der Waals surface area (Å²) in [5.41, 5.74) is 0.